The number of anilines is 1. The number of aromatic nitrogens is 3. The van der Waals surface area contributed by atoms with Crippen LogP contribution in [-0.2, 0) is 0 Å². The molecular formula is C12H13IN4O2. The van der Waals surface area contributed by atoms with Crippen LogP contribution in [0.3, 0.4) is 0 Å². The van der Waals surface area contributed by atoms with Gasteiger partial charge in [-0.2, -0.15) is 4.98 Å². The molecule has 19 heavy (non-hydrogen) atoms. The molecule has 0 radical (unpaired) electrons. The average Bonchev–Trinajstić information content (AvgIpc) is 2.80. The van der Waals surface area contributed by atoms with Gasteiger partial charge in [0.1, 0.15) is 0 Å². The van der Waals surface area contributed by atoms with Crippen LogP contribution in [0.2, 0.25) is 0 Å². The number of carbonyl (C=O) groups is 1. The summed E-state index contributed by atoms with van der Waals surface area (Å²) in [6.45, 7) is 4.27. The third-order valence-corrected chi connectivity index (χ3v) is 3.84. The van der Waals surface area contributed by atoms with Gasteiger partial charge in [0.25, 0.3) is 5.91 Å². The number of amides is 1. The number of hydrogen-bond donors (Lipinski definition) is 2. The normalized spacial score (nSPS) is 10.3. The van der Waals surface area contributed by atoms with E-state index in [1.165, 1.54) is 0 Å². The Bertz CT molecular complexity index is 597. The highest BCUT2D eigenvalue weighted by molar-refractivity contribution is 14.1. The zero-order chi connectivity index (χ0) is 13.8. The van der Waals surface area contributed by atoms with Crippen molar-refractivity contribution in [1.82, 2.24) is 15.2 Å². The molecule has 0 aliphatic heterocycles. The highest BCUT2D eigenvalue weighted by Gasteiger charge is 2.13. The Kier molecular flexibility index (Phi) is 4.35. The number of aromatic amines is 1. The first kappa shape index (κ1) is 13.8. The average molecular weight is 372 g/mol. The van der Waals surface area contributed by atoms with Gasteiger partial charge < -0.3 is 4.74 Å². The Morgan fingerprint density at radius 2 is 2.32 bits per heavy atom. The number of rotatable bonds is 4. The maximum atomic E-state index is 12.1. The van der Waals surface area contributed by atoms with Crippen molar-refractivity contribution in [2.45, 2.75) is 13.8 Å². The van der Waals surface area contributed by atoms with Crippen molar-refractivity contribution in [3.63, 3.8) is 0 Å². The van der Waals surface area contributed by atoms with E-state index in [9.17, 15) is 4.79 Å². The number of hydrogen-bond acceptors (Lipinski definition) is 4. The van der Waals surface area contributed by atoms with Gasteiger partial charge in [-0.1, -0.05) is 12.1 Å². The Hall–Kier alpha value is -1.64. The summed E-state index contributed by atoms with van der Waals surface area (Å²) in [4.78, 5) is 16.1. The van der Waals surface area contributed by atoms with E-state index in [1.807, 2.05) is 26.0 Å². The van der Waals surface area contributed by atoms with Crippen LogP contribution in [0, 0.1) is 10.5 Å². The number of carbonyl (C=O) groups excluding carboxylic acids is 1. The highest BCUT2D eigenvalue weighted by atomic mass is 127. The lowest BCUT2D eigenvalue weighted by Crippen LogP contribution is -2.15. The van der Waals surface area contributed by atoms with Crippen LogP contribution in [0.4, 0.5) is 5.95 Å². The van der Waals surface area contributed by atoms with E-state index in [2.05, 4.69) is 43.1 Å². The van der Waals surface area contributed by atoms with Crippen LogP contribution in [0.25, 0.3) is 0 Å². The van der Waals surface area contributed by atoms with Crippen molar-refractivity contribution >= 4 is 34.4 Å². The summed E-state index contributed by atoms with van der Waals surface area (Å²) in [6, 6.07) is 5.79. The molecule has 0 aliphatic rings. The fourth-order valence-electron chi connectivity index (χ4n) is 1.49. The van der Waals surface area contributed by atoms with Crippen molar-refractivity contribution in [2.75, 3.05) is 11.9 Å². The lowest BCUT2D eigenvalue weighted by Gasteiger charge is -2.06. The summed E-state index contributed by atoms with van der Waals surface area (Å²) >= 11 is 2.15. The molecule has 0 unspecified atom stereocenters. The van der Waals surface area contributed by atoms with Crippen LogP contribution in [-0.4, -0.2) is 27.7 Å². The van der Waals surface area contributed by atoms with Gasteiger partial charge in [-0.3, -0.25) is 10.1 Å². The summed E-state index contributed by atoms with van der Waals surface area (Å²) in [5, 5.41) is 9.07. The number of aryl methyl sites for hydroxylation is 1. The predicted octanol–water partition coefficient (Wildman–Crippen LogP) is 2.37. The summed E-state index contributed by atoms with van der Waals surface area (Å²) < 4.78 is 6.03. The van der Waals surface area contributed by atoms with Gasteiger partial charge in [0.2, 0.25) is 5.95 Å². The Labute approximate surface area is 124 Å². The molecule has 1 heterocycles. The summed E-state index contributed by atoms with van der Waals surface area (Å²) in [5.41, 5.74) is 1.66. The molecule has 6 nitrogen and oxygen atoms in total. The highest BCUT2D eigenvalue weighted by Crippen LogP contribution is 2.17. The predicted molar refractivity (Wildman–Crippen MR) is 79.4 cm³/mol. The van der Waals surface area contributed by atoms with Gasteiger partial charge in [-0.15, -0.1) is 5.10 Å². The number of H-pyrrole nitrogens is 1. The van der Waals surface area contributed by atoms with Crippen molar-refractivity contribution < 1.29 is 9.53 Å². The first-order chi connectivity index (χ1) is 9.11. The molecule has 1 amide bonds. The summed E-state index contributed by atoms with van der Waals surface area (Å²) in [7, 11) is 0. The third kappa shape index (κ3) is 3.22. The van der Waals surface area contributed by atoms with E-state index in [1.54, 1.807) is 6.07 Å². The molecule has 0 aliphatic carbocycles. The number of ether oxygens (including phenoxy) is 1. The molecule has 0 saturated carbocycles. The second kappa shape index (κ2) is 6.00. The van der Waals surface area contributed by atoms with Gasteiger partial charge >= 0.3 is 6.01 Å². The molecule has 100 valence electrons. The second-order valence-electron chi connectivity index (χ2n) is 3.79. The standard InChI is InChI=1S/C12H13IN4O2/c1-3-19-12-15-11(16-17-12)14-10(18)8-6-4-5-7(2)9(8)13/h4-6H,3H2,1-2H3,(H2,14,15,16,17,18). The largest absolute Gasteiger partial charge is 0.463 e. The fraction of sp³-hybridized carbons (Fsp3) is 0.250. The van der Waals surface area contributed by atoms with Gasteiger partial charge in [0.15, 0.2) is 0 Å². The lowest BCUT2D eigenvalue weighted by atomic mass is 10.1. The van der Waals surface area contributed by atoms with Crippen LogP contribution in [0.15, 0.2) is 18.2 Å². The monoisotopic (exact) mass is 372 g/mol. The molecule has 0 bridgehead atoms. The maximum Gasteiger partial charge on any atom is 0.337 e. The van der Waals surface area contributed by atoms with Crippen molar-refractivity contribution in [3.8, 4) is 6.01 Å². The van der Waals surface area contributed by atoms with Crippen LogP contribution < -0.4 is 10.1 Å². The first-order valence-electron chi connectivity index (χ1n) is 5.73. The quantitative estimate of drug-likeness (QED) is 0.808. The molecule has 0 spiro atoms. The van der Waals surface area contributed by atoms with Crippen molar-refractivity contribution in [1.29, 1.82) is 0 Å². The minimum Gasteiger partial charge on any atom is -0.463 e. The maximum absolute atomic E-state index is 12.1. The van der Waals surface area contributed by atoms with Crippen LogP contribution in [0.5, 0.6) is 6.01 Å². The molecule has 7 heteroatoms. The van der Waals surface area contributed by atoms with E-state index in [4.69, 9.17) is 4.74 Å². The van der Waals surface area contributed by atoms with Crippen LogP contribution in [0.1, 0.15) is 22.8 Å². The SMILES string of the molecule is CCOc1n[nH]c(NC(=O)c2cccc(C)c2I)n1. The first-order valence-corrected chi connectivity index (χ1v) is 6.81. The summed E-state index contributed by atoms with van der Waals surface area (Å²) in [5.74, 6) is 0.0399. The van der Waals surface area contributed by atoms with Crippen molar-refractivity contribution in [3.05, 3.63) is 32.9 Å². The Balaban J connectivity index is 2.14. The van der Waals surface area contributed by atoms with Gasteiger partial charge in [-0.25, -0.2) is 5.10 Å². The lowest BCUT2D eigenvalue weighted by molar-refractivity contribution is 0.102. The number of benzene rings is 1. The van der Waals surface area contributed by atoms with E-state index >= 15 is 0 Å². The smallest absolute Gasteiger partial charge is 0.337 e. The van der Waals surface area contributed by atoms with Gasteiger partial charge in [0.05, 0.1) is 12.2 Å². The molecule has 1 aromatic heterocycles. The molecule has 0 atom stereocenters. The van der Waals surface area contributed by atoms with E-state index in [-0.39, 0.29) is 17.9 Å². The van der Waals surface area contributed by atoms with Gasteiger partial charge in [-0.05, 0) is 48.1 Å². The minimum atomic E-state index is -0.229. The van der Waals surface area contributed by atoms with E-state index in [0.717, 1.165) is 9.13 Å². The van der Waals surface area contributed by atoms with Crippen LogP contribution >= 0.6 is 22.6 Å². The molecule has 0 saturated heterocycles. The van der Waals surface area contributed by atoms with Gasteiger partial charge in [0, 0.05) is 3.57 Å². The Morgan fingerprint density at radius 3 is 3.05 bits per heavy atom. The molecule has 2 aromatic rings. The zero-order valence-electron chi connectivity index (χ0n) is 10.5. The number of nitrogens with zero attached hydrogens (tertiary/aromatic N) is 2. The molecular weight excluding hydrogens is 359 g/mol. The summed E-state index contributed by atoms with van der Waals surface area (Å²) in [6.07, 6.45) is 0. The zero-order valence-corrected chi connectivity index (χ0v) is 12.7. The molecule has 2 N–H and O–H groups in total. The second-order valence-corrected chi connectivity index (χ2v) is 4.87. The number of halogens is 1. The van der Waals surface area contributed by atoms with Crippen molar-refractivity contribution in [2.24, 2.45) is 0 Å². The molecule has 0 fully saturated rings. The molecule has 2 rings (SSSR count). The van der Waals surface area contributed by atoms with E-state index in [0.29, 0.717) is 12.2 Å². The minimum absolute atomic E-state index is 0.219. The number of nitrogens with one attached hydrogen (secondary N) is 2. The third-order valence-electron chi connectivity index (χ3n) is 2.41. The Morgan fingerprint density at radius 1 is 1.53 bits per heavy atom. The topological polar surface area (TPSA) is 79.9 Å². The fourth-order valence-corrected chi connectivity index (χ4v) is 2.10. The molecule has 1 aromatic carbocycles. The van der Waals surface area contributed by atoms with E-state index < -0.39 is 0 Å².